The van der Waals surface area contributed by atoms with Crippen molar-refractivity contribution >= 4 is 17.3 Å². The van der Waals surface area contributed by atoms with Gasteiger partial charge in [-0.25, -0.2) is 14.4 Å². The molecule has 20 heavy (non-hydrogen) atoms. The summed E-state index contributed by atoms with van der Waals surface area (Å²) in [4.78, 5) is 8.42. The highest BCUT2D eigenvalue weighted by Gasteiger charge is 2.06. The molecule has 0 bridgehead atoms. The molecule has 2 N–H and O–H groups in total. The van der Waals surface area contributed by atoms with Crippen LogP contribution in [0, 0.1) is 24.1 Å². The lowest BCUT2D eigenvalue weighted by atomic mass is 10.2. The Labute approximate surface area is 116 Å². The highest BCUT2D eigenvalue weighted by atomic mass is 19.1. The molecule has 2 aromatic rings. The van der Waals surface area contributed by atoms with Gasteiger partial charge in [0.1, 0.15) is 23.3 Å². The van der Waals surface area contributed by atoms with E-state index in [9.17, 15) is 4.39 Å². The molecule has 5 nitrogen and oxygen atoms in total. The van der Waals surface area contributed by atoms with Crippen LogP contribution in [0.2, 0.25) is 0 Å². The fourth-order valence-electron chi connectivity index (χ4n) is 1.73. The molecule has 6 heteroatoms. The van der Waals surface area contributed by atoms with Crippen molar-refractivity contribution in [1.82, 2.24) is 9.97 Å². The van der Waals surface area contributed by atoms with Crippen molar-refractivity contribution in [2.45, 2.75) is 13.8 Å². The minimum atomic E-state index is -0.495. The number of hydrogen-bond acceptors (Lipinski definition) is 5. The third-order valence-electron chi connectivity index (χ3n) is 2.56. The smallest absolute Gasteiger partial charge is 0.147 e. The lowest BCUT2D eigenvalue weighted by Crippen LogP contribution is -2.04. The van der Waals surface area contributed by atoms with E-state index in [2.05, 4.69) is 20.6 Å². The van der Waals surface area contributed by atoms with Gasteiger partial charge in [0.2, 0.25) is 0 Å². The summed E-state index contributed by atoms with van der Waals surface area (Å²) in [5, 5.41) is 14.7. The van der Waals surface area contributed by atoms with E-state index in [1.165, 1.54) is 12.1 Å². The zero-order chi connectivity index (χ0) is 14.5. The van der Waals surface area contributed by atoms with E-state index < -0.39 is 5.82 Å². The minimum absolute atomic E-state index is 0.268. The molecule has 1 heterocycles. The number of halogens is 1. The monoisotopic (exact) mass is 271 g/mol. The van der Waals surface area contributed by atoms with Gasteiger partial charge in [-0.15, -0.1) is 0 Å². The van der Waals surface area contributed by atoms with E-state index in [1.54, 1.807) is 19.1 Å². The topological polar surface area (TPSA) is 73.6 Å². The van der Waals surface area contributed by atoms with Gasteiger partial charge < -0.3 is 10.6 Å². The number of aromatic nitrogens is 2. The molecule has 0 saturated heterocycles. The Balaban J connectivity index is 2.28. The second-order valence-electron chi connectivity index (χ2n) is 4.15. The third kappa shape index (κ3) is 3.20. The van der Waals surface area contributed by atoms with Gasteiger partial charge in [-0.3, -0.25) is 0 Å². The second-order valence-corrected chi connectivity index (χ2v) is 4.15. The molecule has 0 saturated carbocycles. The molecule has 0 fully saturated rings. The maximum absolute atomic E-state index is 13.8. The molecule has 0 amide bonds. The van der Waals surface area contributed by atoms with E-state index in [-0.39, 0.29) is 11.3 Å². The number of rotatable bonds is 4. The average molecular weight is 271 g/mol. The van der Waals surface area contributed by atoms with Gasteiger partial charge in [-0.1, -0.05) is 0 Å². The van der Waals surface area contributed by atoms with Crippen LogP contribution in [0.15, 0.2) is 24.3 Å². The number of aryl methyl sites for hydroxylation is 1. The first-order chi connectivity index (χ1) is 9.62. The number of nitriles is 1. The predicted octanol–water partition coefficient (Wildman–Crippen LogP) is 2.97. The largest absolute Gasteiger partial charge is 0.370 e. The first-order valence-corrected chi connectivity index (χ1v) is 6.18. The Hall–Kier alpha value is -2.68. The third-order valence-corrected chi connectivity index (χ3v) is 2.56. The Kier molecular flexibility index (Phi) is 4.11. The van der Waals surface area contributed by atoms with Crippen LogP contribution in [-0.2, 0) is 0 Å². The van der Waals surface area contributed by atoms with Crippen LogP contribution in [-0.4, -0.2) is 16.5 Å². The van der Waals surface area contributed by atoms with Crippen LogP contribution in [0.5, 0.6) is 0 Å². The normalized spacial score (nSPS) is 9.90. The SMILES string of the molecule is CCNc1cc(Nc2ccc(C#N)cc2F)nc(C)n1. The van der Waals surface area contributed by atoms with Crippen molar-refractivity contribution in [2.24, 2.45) is 0 Å². The molecule has 102 valence electrons. The highest BCUT2D eigenvalue weighted by Crippen LogP contribution is 2.21. The first kappa shape index (κ1) is 13.7. The van der Waals surface area contributed by atoms with E-state index >= 15 is 0 Å². The van der Waals surface area contributed by atoms with E-state index in [4.69, 9.17) is 5.26 Å². The van der Waals surface area contributed by atoms with Crippen LogP contribution < -0.4 is 10.6 Å². The molecule has 1 aromatic heterocycles. The van der Waals surface area contributed by atoms with Gasteiger partial charge >= 0.3 is 0 Å². The Morgan fingerprint density at radius 3 is 2.65 bits per heavy atom. The number of nitrogens with zero attached hydrogens (tertiary/aromatic N) is 3. The number of nitrogens with one attached hydrogen (secondary N) is 2. The molecular formula is C14H14FN5. The summed E-state index contributed by atoms with van der Waals surface area (Å²) in [5.74, 6) is 1.26. The molecule has 0 atom stereocenters. The van der Waals surface area contributed by atoms with Crippen molar-refractivity contribution in [3.8, 4) is 6.07 Å². The molecule has 0 radical (unpaired) electrons. The summed E-state index contributed by atoms with van der Waals surface area (Å²) in [5.41, 5.74) is 0.546. The molecule has 0 aliphatic carbocycles. The number of anilines is 3. The van der Waals surface area contributed by atoms with Crippen molar-refractivity contribution in [3.63, 3.8) is 0 Å². The van der Waals surface area contributed by atoms with Crippen molar-refractivity contribution in [3.05, 3.63) is 41.5 Å². The van der Waals surface area contributed by atoms with E-state index in [0.29, 0.717) is 17.5 Å². The summed E-state index contributed by atoms with van der Waals surface area (Å²) < 4.78 is 13.8. The number of hydrogen-bond donors (Lipinski definition) is 2. The summed E-state index contributed by atoms with van der Waals surface area (Å²) in [6, 6.07) is 7.83. The van der Waals surface area contributed by atoms with Crippen molar-refractivity contribution in [2.75, 3.05) is 17.2 Å². The van der Waals surface area contributed by atoms with Crippen LogP contribution in [0.1, 0.15) is 18.3 Å². The zero-order valence-corrected chi connectivity index (χ0v) is 11.2. The van der Waals surface area contributed by atoms with Crippen molar-refractivity contribution in [1.29, 1.82) is 5.26 Å². The van der Waals surface area contributed by atoms with E-state index in [1.807, 2.05) is 13.0 Å². The minimum Gasteiger partial charge on any atom is -0.370 e. The second kappa shape index (κ2) is 5.97. The zero-order valence-electron chi connectivity index (χ0n) is 11.2. The van der Waals surface area contributed by atoms with Crippen molar-refractivity contribution < 1.29 is 4.39 Å². The van der Waals surface area contributed by atoms with Crippen LogP contribution in [0.4, 0.5) is 21.7 Å². The molecule has 0 aliphatic heterocycles. The molecule has 0 spiro atoms. The Morgan fingerprint density at radius 1 is 1.25 bits per heavy atom. The van der Waals surface area contributed by atoms with Gasteiger partial charge in [0.25, 0.3) is 0 Å². The van der Waals surface area contributed by atoms with Crippen LogP contribution in [0.3, 0.4) is 0 Å². The Morgan fingerprint density at radius 2 is 2.00 bits per heavy atom. The maximum Gasteiger partial charge on any atom is 0.147 e. The summed E-state index contributed by atoms with van der Waals surface area (Å²) >= 11 is 0. The lowest BCUT2D eigenvalue weighted by Gasteiger charge is -2.10. The van der Waals surface area contributed by atoms with Gasteiger partial charge in [0, 0.05) is 12.6 Å². The standard InChI is InChI=1S/C14H14FN5/c1-3-17-13-7-14(19-9(2)18-13)20-12-5-4-10(8-16)6-11(12)15/h4-7H,3H2,1-2H3,(H2,17,18,19,20). The highest BCUT2D eigenvalue weighted by molar-refractivity contribution is 5.60. The van der Waals surface area contributed by atoms with Gasteiger partial charge in [0.15, 0.2) is 0 Å². The molecule has 0 aliphatic rings. The predicted molar refractivity (Wildman–Crippen MR) is 75.3 cm³/mol. The number of benzene rings is 1. The van der Waals surface area contributed by atoms with Gasteiger partial charge in [-0.2, -0.15) is 5.26 Å². The summed E-state index contributed by atoms with van der Waals surface area (Å²) in [6.07, 6.45) is 0. The van der Waals surface area contributed by atoms with Gasteiger partial charge in [0.05, 0.1) is 17.3 Å². The fourth-order valence-corrected chi connectivity index (χ4v) is 1.73. The molecule has 0 unspecified atom stereocenters. The van der Waals surface area contributed by atoms with Crippen LogP contribution >= 0.6 is 0 Å². The molecule has 2 rings (SSSR count). The molecule has 1 aromatic carbocycles. The lowest BCUT2D eigenvalue weighted by molar-refractivity contribution is 0.631. The van der Waals surface area contributed by atoms with Crippen LogP contribution in [0.25, 0.3) is 0 Å². The summed E-state index contributed by atoms with van der Waals surface area (Å²) in [6.45, 7) is 4.47. The van der Waals surface area contributed by atoms with E-state index in [0.717, 1.165) is 6.54 Å². The van der Waals surface area contributed by atoms with Gasteiger partial charge in [-0.05, 0) is 32.0 Å². The quantitative estimate of drug-likeness (QED) is 0.894. The molecular weight excluding hydrogens is 257 g/mol. The maximum atomic E-state index is 13.8. The average Bonchev–Trinajstić information content (AvgIpc) is 2.41. The Bertz CT molecular complexity index is 663. The first-order valence-electron chi connectivity index (χ1n) is 6.18. The summed E-state index contributed by atoms with van der Waals surface area (Å²) in [7, 11) is 0. The fraction of sp³-hybridized carbons (Fsp3) is 0.214.